The third-order valence-corrected chi connectivity index (χ3v) is 4.30. The summed E-state index contributed by atoms with van der Waals surface area (Å²) < 4.78 is 1.50. The number of carbonyl (C=O) groups excluding carboxylic acids is 1. The Balaban J connectivity index is 1.89. The highest BCUT2D eigenvalue weighted by molar-refractivity contribution is 5.92. The van der Waals surface area contributed by atoms with Crippen molar-refractivity contribution < 1.29 is 4.79 Å². The topological polar surface area (TPSA) is 59.8 Å². The number of amides is 1. The van der Waals surface area contributed by atoms with Crippen molar-refractivity contribution in [2.45, 2.75) is 32.2 Å². The number of fused-ring (bicyclic) bond motifs is 1. The van der Waals surface area contributed by atoms with Crippen LogP contribution in [0.3, 0.4) is 0 Å². The van der Waals surface area contributed by atoms with Gasteiger partial charge in [0.25, 0.3) is 5.91 Å². The number of aromatic nitrogens is 3. The van der Waals surface area contributed by atoms with Gasteiger partial charge < -0.3 is 5.32 Å². The smallest absolute Gasteiger partial charge is 0.271 e. The molecule has 1 amide bonds. The molecule has 0 aliphatic heterocycles. The molecule has 3 rings (SSSR count). The second-order valence-corrected chi connectivity index (χ2v) is 5.76. The van der Waals surface area contributed by atoms with Crippen molar-refractivity contribution in [3.05, 3.63) is 47.3 Å². The first kappa shape index (κ1) is 13.8. The zero-order valence-corrected chi connectivity index (χ0v) is 12.4. The normalized spacial score (nSPS) is 21.4. The van der Waals surface area contributed by atoms with Crippen molar-refractivity contribution >= 4 is 5.91 Å². The molecule has 21 heavy (non-hydrogen) atoms. The molecule has 0 fully saturated rings. The van der Waals surface area contributed by atoms with Gasteiger partial charge in [0.15, 0.2) is 0 Å². The first-order chi connectivity index (χ1) is 10.2. The molecule has 1 heterocycles. The van der Waals surface area contributed by atoms with Gasteiger partial charge in [-0.3, -0.25) is 4.79 Å². The van der Waals surface area contributed by atoms with E-state index in [4.69, 9.17) is 0 Å². The first-order valence-corrected chi connectivity index (χ1v) is 7.40. The summed E-state index contributed by atoms with van der Waals surface area (Å²) in [6.07, 6.45) is 4.86. The van der Waals surface area contributed by atoms with Crippen LogP contribution in [0.25, 0.3) is 0 Å². The van der Waals surface area contributed by atoms with Crippen molar-refractivity contribution in [2.75, 3.05) is 0 Å². The average molecular weight is 284 g/mol. The van der Waals surface area contributed by atoms with E-state index >= 15 is 0 Å². The fourth-order valence-corrected chi connectivity index (χ4v) is 3.08. The van der Waals surface area contributed by atoms with Crippen LogP contribution >= 0.6 is 0 Å². The molecule has 1 aromatic carbocycles. The highest BCUT2D eigenvalue weighted by Gasteiger charge is 2.27. The second-order valence-electron chi connectivity index (χ2n) is 5.76. The highest BCUT2D eigenvalue weighted by atomic mass is 16.2. The maximum atomic E-state index is 12.5. The summed E-state index contributed by atoms with van der Waals surface area (Å²) in [5.74, 6) is 0.301. The van der Waals surface area contributed by atoms with Gasteiger partial charge in [0, 0.05) is 7.05 Å². The molecular weight excluding hydrogens is 264 g/mol. The standard InChI is InChI=1S/C16H20N4O/c1-11-6-5-8-12-7-3-4-9-13(12)15(11)18-16(21)14-10-17-19-20(14)2/h3-4,7,9-11,15H,5-6,8H2,1-2H3,(H,18,21)/t11-,15+/m1/s1. The zero-order chi connectivity index (χ0) is 14.8. The molecule has 0 radical (unpaired) electrons. The lowest BCUT2D eigenvalue weighted by molar-refractivity contribution is 0.0913. The Kier molecular flexibility index (Phi) is 3.73. The SMILES string of the molecule is C[C@@H]1CCCc2ccccc2[C@H]1NC(=O)c1cnnn1C. The summed E-state index contributed by atoms with van der Waals surface area (Å²) >= 11 is 0. The van der Waals surface area contributed by atoms with Gasteiger partial charge in [0.1, 0.15) is 5.69 Å². The second kappa shape index (κ2) is 5.68. The molecule has 0 saturated carbocycles. The molecule has 1 aliphatic rings. The van der Waals surface area contributed by atoms with E-state index in [1.807, 2.05) is 6.07 Å². The van der Waals surface area contributed by atoms with Crippen LogP contribution in [0.5, 0.6) is 0 Å². The Morgan fingerprint density at radius 2 is 2.19 bits per heavy atom. The Labute approximate surface area is 124 Å². The van der Waals surface area contributed by atoms with Gasteiger partial charge in [-0.1, -0.05) is 36.4 Å². The molecule has 0 bridgehead atoms. The number of benzene rings is 1. The largest absolute Gasteiger partial charge is 0.344 e. The van der Waals surface area contributed by atoms with Gasteiger partial charge in [0.2, 0.25) is 0 Å². The average Bonchev–Trinajstić information content (AvgIpc) is 2.84. The zero-order valence-electron chi connectivity index (χ0n) is 12.4. The van der Waals surface area contributed by atoms with E-state index in [-0.39, 0.29) is 11.9 Å². The molecule has 0 spiro atoms. The van der Waals surface area contributed by atoms with E-state index in [9.17, 15) is 4.79 Å². The van der Waals surface area contributed by atoms with Crippen molar-refractivity contribution in [1.29, 1.82) is 0 Å². The molecule has 5 nitrogen and oxygen atoms in total. The predicted octanol–water partition coefficient (Wildman–Crippen LogP) is 2.26. The number of aryl methyl sites for hydroxylation is 2. The van der Waals surface area contributed by atoms with Crippen molar-refractivity contribution in [1.82, 2.24) is 20.3 Å². The Morgan fingerprint density at radius 3 is 2.95 bits per heavy atom. The molecule has 1 aromatic heterocycles. The van der Waals surface area contributed by atoms with Gasteiger partial charge in [-0.25, -0.2) is 4.68 Å². The monoisotopic (exact) mass is 284 g/mol. The number of rotatable bonds is 2. The summed E-state index contributed by atoms with van der Waals surface area (Å²) in [6, 6.07) is 8.45. The third kappa shape index (κ3) is 2.68. The number of nitrogens with zero attached hydrogens (tertiary/aromatic N) is 3. The maximum absolute atomic E-state index is 12.5. The summed E-state index contributed by atoms with van der Waals surface area (Å²) in [7, 11) is 1.73. The Bertz CT molecular complexity index is 649. The van der Waals surface area contributed by atoms with E-state index < -0.39 is 0 Å². The van der Waals surface area contributed by atoms with Crippen LogP contribution in [0.15, 0.2) is 30.5 Å². The number of hydrogen-bond donors (Lipinski definition) is 1. The van der Waals surface area contributed by atoms with Crippen LogP contribution < -0.4 is 5.32 Å². The summed E-state index contributed by atoms with van der Waals surface area (Å²) in [6.45, 7) is 2.20. The van der Waals surface area contributed by atoms with Crippen LogP contribution in [0.2, 0.25) is 0 Å². The summed E-state index contributed by atoms with van der Waals surface area (Å²) in [5, 5.41) is 10.8. The van der Waals surface area contributed by atoms with E-state index in [1.54, 1.807) is 7.05 Å². The van der Waals surface area contributed by atoms with Crippen LogP contribution in [-0.2, 0) is 13.5 Å². The number of nitrogens with one attached hydrogen (secondary N) is 1. The molecule has 2 aromatic rings. The number of carbonyl (C=O) groups is 1. The minimum atomic E-state index is -0.115. The molecule has 2 atom stereocenters. The van der Waals surface area contributed by atoms with Crippen molar-refractivity contribution in [3.8, 4) is 0 Å². The van der Waals surface area contributed by atoms with Gasteiger partial charge in [-0.05, 0) is 36.3 Å². The Morgan fingerprint density at radius 1 is 1.38 bits per heavy atom. The van der Waals surface area contributed by atoms with Crippen LogP contribution in [0.1, 0.15) is 47.4 Å². The minimum absolute atomic E-state index is 0.0473. The summed E-state index contributed by atoms with van der Waals surface area (Å²) in [4.78, 5) is 12.5. The third-order valence-electron chi connectivity index (χ3n) is 4.30. The van der Waals surface area contributed by atoms with E-state index in [2.05, 4.69) is 40.8 Å². The highest BCUT2D eigenvalue weighted by Crippen LogP contribution is 2.33. The van der Waals surface area contributed by atoms with E-state index in [0.29, 0.717) is 11.6 Å². The van der Waals surface area contributed by atoms with Gasteiger partial charge in [-0.2, -0.15) is 0 Å². The van der Waals surface area contributed by atoms with Gasteiger partial charge in [0.05, 0.1) is 12.2 Å². The molecule has 5 heteroatoms. The molecule has 110 valence electrons. The lowest BCUT2D eigenvalue weighted by atomic mass is 9.92. The van der Waals surface area contributed by atoms with Crippen molar-refractivity contribution in [3.63, 3.8) is 0 Å². The quantitative estimate of drug-likeness (QED) is 0.861. The predicted molar refractivity (Wildman–Crippen MR) is 79.8 cm³/mol. The lowest BCUT2D eigenvalue weighted by Gasteiger charge is -2.24. The van der Waals surface area contributed by atoms with Crippen LogP contribution in [0, 0.1) is 5.92 Å². The molecular formula is C16H20N4O. The lowest BCUT2D eigenvalue weighted by Crippen LogP contribution is -2.33. The van der Waals surface area contributed by atoms with Gasteiger partial charge in [-0.15, -0.1) is 5.10 Å². The maximum Gasteiger partial charge on any atom is 0.271 e. The number of hydrogen-bond acceptors (Lipinski definition) is 3. The fourth-order valence-electron chi connectivity index (χ4n) is 3.08. The molecule has 0 unspecified atom stereocenters. The van der Waals surface area contributed by atoms with Gasteiger partial charge >= 0.3 is 0 Å². The summed E-state index contributed by atoms with van der Waals surface area (Å²) in [5.41, 5.74) is 3.07. The Hall–Kier alpha value is -2.17. The van der Waals surface area contributed by atoms with Crippen molar-refractivity contribution in [2.24, 2.45) is 13.0 Å². The first-order valence-electron chi connectivity index (χ1n) is 7.40. The van der Waals surface area contributed by atoms with E-state index in [0.717, 1.165) is 19.3 Å². The van der Waals surface area contributed by atoms with Crippen LogP contribution in [-0.4, -0.2) is 20.9 Å². The molecule has 1 N–H and O–H groups in total. The van der Waals surface area contributed by atoms with E-state index in [1.165, 1.54) is 22.0 Å². The van der Waals surface area contributed by atoms with Crippen LogP contribution in [0.4, 0.5) is 0 Å². The molecule has 1 aliphatic carbocycles. The fraction of sp³-hybridized carbons (Fsp3) is 0.438. The molecule has 0 saturated heterocycles. The minimum Gasteiger partial charge on any atom is -0.344 e.